The molecule has 0 bridgehead atoms. The van der Waals surface area contributed by atoms with Gasteiger partial charge in [-0.2, -0.15) is 0 Å². The third-order valence-corrected chi connectivity index (χ3v) is 5.83. The molecule has 0 radical (unpaired) electrons. The Bertz CT molecular complexity index is 842. The number of hydroxylamine groups is 1. The molecule has 0 unspecified atom stereocenters. The lowest BCUT2D eigenvalue weighted by Gasteiger charge is -2.28. The van der Waals surface area contributed by atoms with Crippen LogP contribution in [0, 0.1) is 11.8 Å². The minimum Gasteiger partial charge on any atom is -0.499 e. The first-order valence-electron chi connectivity index (χ1n) is 11.2. The maximum absolute atomic E-state index is 10.7. The van der Waals surface area contributed by atoms with Crippen molar-refractivity contribution in [3.63, 3.8) is 0 Å². The topological polar surface area (TPSA) is 77.0 Å². The number of aryl methyl sites for hydroxylation is 1. The summed E-state index contributed by atoms with van der Waals surface area (Å²) in [6, 6.07) is 17.7. The van der Waals surface area contributed by atoms with Crippen LogP contribution in [0.15, 0.2) is 60.9 Å². The van der Waals surface area contributed by atoms with E-state index in [0.29, 0.717) is 24.9 Å². The summed E-state index contributed by atoms with van der Waals surface area (Å²) in [5.41, 5.74) is 5.73. The molecule has 32 heavy (non-hydrogen) atoms. The molecular formula is C26H33NO5. The van der Waals surface area contributed by atoms with Gasteiger partial charge in [0, 0.05) is 12.0 Å². The van der Waals surface area contributed by atoms with Gasteiger partial charge in [0.05, 0.1) is 20.3 Å². The van der Waals surface area contributed by atoms with Gasteiger partial charge in [-0.1, -0.05) is 42.5 Å². The lowest BCUT2D eigenvalue weighted by Crippen LogP contribution is -2.22. The highest BCUT2D eigenvalue weighted by Crippen LogP contribution is 2.30. The Kier molecular flexibility index (Phi) is 9.44. The zero-order chi connectivity index (χ0) is 22.6. The van der Waals surface area contributed by atoms with E-state index < -0.39 is 5.97 Å². The van der Waals surface area contributed by atoms with E-state index in [1.54, 1.807) is 13.4 Å². The molecule has 0 aliphatic heterocycles. The summed E-state index contributed by atoms with van der Waals surface area (Å²) in [6.07, 6.45) is 6.98. The van der Waals surface area contributed by atoms with Gasteiger partial charge in [0.15, 0.2) is 0 Å². The number of hydrogen-bond acceptors (Lipinski definition) is 5. The maximum Gasteiger partial charge on any atom is 0.303 e. The van der Waals surface area contributed by atoms with Crippen molar-refractivity contribution < 1.29 is 24.2 Å². The van der Waals surface area contributed by atoms with Gasteiger partial charge < -0.3 is 14.6 Å². The van der Waals surface area contributed by atoms with Gasteiger partial charge in [-0.05, 0) is 61.6 Å². The number of carbonyl (C=O) groups is 1. The van der Waals surface area contributed by atoms with Crippen LogP contribution in [0.4, 0.5) is 0 Å². The third kappa shape index (κ3) is 7.93. The minimum atomic E-state index is -0.773. The molecule has 0 saturated heterocycles. The van der Waals surface area contributed by atoms with E-state index in [0.717, 1.165) is 54.9 Å². The van der Waals surface area contributed by atoms with Gasteiger partial charge in [-0.25, -0.2) is 0 Å². The number of ether oxygens (including phenoxy) is 2. The highest BCUT2D eigenvalue weighted by molar-refractivity contribution is 5.67. The van der Waals surface area contributed by atoms with Gasteiger partial charge in [-0.3, -0.25) is 15.1 Å². The molecular weight excluding hydrogens is 406 g/mol. The summed E-state index contributed by atoms with van der Waals surface area (Å²) in [5.74, 6) is 1.18. The fourth-order valence-corrected chi connectivity index (χ4v) is 3.93. The van der Waals surface area contributed by atoms with E-state index in [4.69, 9.17) is 19.4 Å². The van der Waals surface area contributed by atoms with Crippen molar-refractivity contribution >= 4 is 11.7 Å². The summed E-state index contributed by atoms with van der Waals surface area (Å²) < 4.78 is 11.9. The fourth-order valence-electron chi connectivity index (χ4n) is 3.93. The smallest absolute Gasteiger partial charge is 0.303 e. The van der Waals surface area contributed by atoms with E-state index in [1.807, 2.05) is 54.6 Å². The van der Waals surface area contributed by atoms with E-state index in [9.17, 15) is 4.79 Å². The summed E-state index contributed by atoms with van der Waals surface area (Å²) in [4.78, 5) is 15.7. The number of carboxylic acid groups (broad SMARTS) is 1. The number of hydrogen-bond donors (Lipinski definition) is 2. The quantitative estimate of drug-likeness (QED) is 0.356. The molecule has 0 amide bonds. The molecule has 1 aliphatic rings. The van der Waals surface area contributed by atoms with Crippen LogP contribution in [0.5, 0.6) is 5.75 Å². The van der Waals surface area contributed by atoms with Crippen LogP contribution < -0.4 is 10.2 Å². The van der Waals surface area contributed by atoms with E-state index in [-0.39, 0.29) is 6.42 Å². The van der Waals surface area contributed by atoms with Crippen molar-refractivity contribution in [2.75, 3.05) is 20.3 Å². The lowest BCUT2D eigenvalue weighted by molar-refractivity contribution is -0.136. The van der Waals surface area contributed by atoms with Gasteiger partial charge in [0.1, 0.15) is 17.7 Å². The second kappa shape index (κ2) is 12.8. The Morgan fingerprint density at radius 2 is 1.66 bits per heavy atom. The molecule has 6 nitrogen and oxygen atoms in total. The summed E-state index contributed by atoms with van der Waals surface area (Å²) in [5, 5.41) is 8.77. The Hall–Kier alpha value is -2.99. The van der Waals surface area contributed by atoms with Gasteiger partial charge >= 0.3 is 5.97 Å². The van der Waals surface area contributed by atoms with Crippen LogP contribution >= 0.6 is 0 Å². The van der Waals surface area contributed by atoms with Crippen molar-refractivity contribution in [3.05, 3.63) is 72.0 Å². The molecule has 0 atom stereocenters. The Morgan fingerprint density at radius 1 is 1.00 bits per heavy atom. The molecule has 1 fully saturated rings. The predicted molar refractivity (Wildman–Crippen MR) is 124 cm³/mol. The van der Waals surface area contributed by atoms with Crippen LogP contribution in [0.2, 0.25) is 0 Å². The third-order valence-electron chi connectivity index (χ3n) is 5.83. The monoisotopic (exact) mass is 439 g/mol. The minimum absolute atomic E-state index is 0.152. The highest BCUT2D eigenvalue weighted by atomic mass is 16.6. The molecule has 0 aromatic heterocycles. The first-order chi connectivity index (χ1) is 15.6. The first-order valence-corrected chi connectivity index (χ1v) is 11.2. The van der Waals surface area contributed by atoms with Crippen LogP contribution in [0.3, 0.4) is 0 Å². The zero-order valence-corrected chi connectivity index (χ0v) is 18.7. The molecule has 2 aromatic rings. The fraction of sp³-hybridized carbons (Fsp3) is 0.423. The summed E-state index contributed by atoms with van der Waals surface area (Å²) in [7, 11) is 1.59. The first kappa shape index (κ1) is 23.7. The maximum atomic E-state index is 10.7. The average Bonchev–Trinajstić information content (AvgIpc) is 2.83. The number of benzene rings is 2. The molecule has 6 heteroatoms. The normalized spacial score (nSPS) is 18.7. The van der Waals surface area contributed by atoms with Gasteiger partial charge in [-0.15, -0.1) is 0 Å². The molecule has 2 aromatic carbocycles. The van der Waals surface area contributed by atoms with Gasteiger partial charge in [0.25, 0.3) is 0 Å². The second-order valence-corrected chi connectivity index (χ2v) is 8.27. The van der Waals surface area contributed by atoms with Crippen LogP contribution in [-0.2, 0) is 20.8 Å². The average molecular weight is 440 g/mol. The lowest BCUT2D eigenvalue weighted by atomic mass is 9.83. The molecule has 1 saturated carbocycles. The molecule has 3 rings (SSSR count). The van der Waals surface area contributed by atoms with E-state index in [1.165, 1.54) is 0 Å². The number of nitrogens with one attached hydrogen (secondary N) is 1. The summed E-state index contributed by atoms with van der Waals surface area (Å²) >= 11 is 0. The van der Waals surface area contributed by atoms with Crippen LogP contribution in [0.1, 0.15) is 43.2 Å². The van der Waals surface area contributed by atoms with Crippen molar-refractivity contribution in [1.82, 2.24) is 5.48 Å². The molecule has 1 aliphatic carbocycles. The van der Waals surface area contributed by atoms with Crippen molar-refractivity contribution in [3.8, 4) is 5.75 Å². The van der Waals surface area contributed by atoms with Crippen LogP contribution in [0.25, 0.3) is 5.70 Å². The zero-order valence-electron chi connectivity index (χ0n) is 18.7. The molecule has 2 N–H and O–H groups in total. The Morgan fingerprint density at radius 3 is 2.28 bits per heavy atom. The SMILES string of the molecule is CONC(=COCC1CCC(COc2ccc(CCC(=O)O)cc2)CC1)c1ccccc1. The predicted octanol–water partition coefficient (Wildman–Crippen LogP) is 5.06. The number of carboxylic acids is 1. The highest BCUT2D eigenvalue weighted by Gasteiger charge is 2.22. The standard InChI is InChI=1S/C26H33NO5/c1-30-27-25(23-5-3-2-4-6-23)19-31-17-21-7-9-22(10-8-21)18-32-24-14-11-20(12-15-24)13-16-26(28)29/h2-6,11-12,14-15,19,21-22,27H,7-10,13,16-18H2,1H3,(H,28,29). The molecule has 0 heterocycles. The summed E-state index contributed by atoms with van der Waals surface area (Å²) in [6.45, 7) is 1.42. The second-order valence-electron chi connectivity index (χ2n) is 8.27. The molecule has 172 valence electrons. The van der Waals surface area contributed by atoms with Gasteiger partial charge in [0.2, 0.25) is 0 Å². The Labute approximate surface area is 190 Å². The Balaban J connectivity index is 1.36. The van der Waals surface area contributed by atoms with Crippen LogP contribution in [-0.4, -0.2) is 31.4 Å². The van der Waals surface area contributed by atoms with Crippen molar-refractivity contribution in [1.29, 1.82) is 0 Å². The van der Waals surface area contributed by atoms with Crippen molar-refractivity contribution in [2.45, 2.75) is 38.5 Å². The number of rotatable bonds is 12. The largest absolute Gasteiger partial charge is 0.499 e. The van der Waals surface area contributed by atoms with E-state index in [2.05, 4.69) is 5.48 Å². The molecule has 0 spiro atoms. The van der Waals surface area contributed by atoms with Crippen molar-refractivity contribution in [2.24, 2.45) is 11.8 Å². The number of aliphatic carboxylic acids is 1. The van der Waals surface area contributed by atoms with E-state index >= 15 is 0 Å².